The molecule has 5 heteroatoms. The van der Waals surface area contributed by atoms with Crippen molar-refractivity contribution in [1.29, 1.82) is 0 Å². The van der Waals surface area contributed by atoms with Crippen molar-refractivity contribution in [2.24, 2.45) is 5.92 Å². The van der Waals surface area contributed by atoms with E-state index in [0.29, 0.717) is 31.5 Å². The van der Waals surface area contributed by atoms with Crippen LogP contribution in [0.15, 0.2) is 30.5 Å². The first-order valence-electron chi connectivity index (χ1n) is 8.97. The van der Waals surface area contributed by atoms with Crippen molar-refractivity contribution in [3.8, 4) is 0 Å². The SMILES string of the molecule is COC(=O)CC1CCN(C(=O)c2cn(C(C)C)c3ccccc23)CC1. The van der Waals surface area contributed by atoms with Gasteiger partial charge < -0.3 is 14.2 Å². The second-order valence-corrected chi connectivity index (χ2v) is 7.08. The molecule has 1 saturated heterocycles. The first-order chi connectivity index (χ1) is 12.0. The number of amides is 1. The van der Waals surface area contributed by atoms with E-state index in [9.17, 15) is 9.59 Å². The number of likely N-dealkylation sites (tertiary alicyclic amines) is 1. The van der Waals surface area contributed by atoms with E-state index < -0.39 is 0 Å². The zero-order valence-corrected chi connectivity index (χ0v) is 15.2. The Morgan fingerprint density at radius 3 is 2.52 bits per heavy atom. The number of benzene rings is 1. The molecule has 1 aromatic carbocycles. The maximum absolute atomic E-state index is 13.1. The number of fused-ring (bicyclic) bond motifs is 1. The molecule has 2 heterocycles. The normalized spacial score (nSPS) is 15.8. The highest BCUT2D eigenvalue weighted by Gasteiger charge is 2.27. The van der Waals surface area contributed by atoms with Crippen molar-refractivity contribution in [2.75, 3.05) is 20.2 Å². The van der Waals surface area contributed by atoms with Crippen LogP contribution in [0.4, 0.5) is 0 Å². The molecule has 0 spiro atoms. The molecule has 1 fully saturated rings. The lowest BCUT2D eigenvalue weighted by Gasteiger charge is -2.31. The van der Waals surface area contributed by atoms with Gasteiger partial charge in [0.2, 0.25) is 0 Å². The molecule has 0 bridgehead atoms. The maximum Gasteiger partial charge on any atom is 0.305 e. The van der Waals surface area contributed by atoms with E-state index in [0.717, 1.165) is 29.3 Å². The third-order valence-corrected chi connectivity index (χ3v) is 5.11. The minimum atomic E-state index is -0.162. The fourth-order valence-corrected chi connectivity index (χ4v) is 3.63. The molecule has 1 amide bonds. The number of nitrogens with zero attached hydrogens (tertiary/aromatic N) is 2. The number of hydrogen-bond acceptors (Lipinski definition) is 3. The Labute approximate surface area is 148 Å². The van der Waals surface area contributed by atoms with Gasteiger partial charge in [-0.25, -0.2) is 0 Å². The Kier molecular flexibility index (Phi) is 5.11. The second kappa shape index (κ2) is 7.30. The van der Waals surface area contributed by atoms with E-state index in [1.54, 1.807) is 0 Å². The standard InChI is InChI=1S/C20H26N2O3/c1-14(2)22-13-17(16-6-4-5-7-18(16)22)20(24)21-10-8-15(9-11-21)12-19(23)25-3/h4-7,13-15H,8-12H2,1-3H3. The minimum Gasteiger partial charge on any atom is -0.469 e. The van der Waals surface area contributed by atoms with Crippen LogP contribution in [0.1, 0.15) is 49.5 Å². The summed E-state index contributed by atoms with van der Waals surface area (Å²) < 4.78 is 6.91. The molecule has 25 heavy (non-hydrogen) atoms. The van der Waals surface area contributed by atoms with Gasteiger partial charge in [-0.3, -0.25) is 9.59 Å². The summed E-state index contributed by atoms with van der Waals surface area (Å²) in [6.45, 7) is 5.64. The van der Waals surface area contributed by atoms with Gasteiger partial charge in [-0.1, -0.05) is 18.2 Å². The maximum atomic E-state index is 13.1. The molecular weight excluding hydrogens is 316 g/mol. The van der Waals surface area contributed by atoms with Crippen molar-refractivity contribution in [1.82, 2.24) is 9.47 Å². The molecule has 0 aliphatic carbocycles. The lowest BCUT2D eigenvalue weighted by Crippen LogP contribution is -2.38. The Bertz CT molecular complexity index is 770. The van der Waals surface area contributed by atoms with E-state index in [4.69, 9.17) is 4.74 Å². The molecule has 0 unspecified atom stereocenters. The number of aromatic nitrogens is 1. The monoisotopic (exact) mass is 342 g/mol. The lowest BCUT2D eigenvalue weighted by atomic mass is 9.93. The summed E-state index contributed by atoms with van der Waals surface area (Å²) in [5.74, 6) is 0.241. The first-order valence-corrected chi connectivity index (χ1v) is 8.97. The molecule has 134 valence electrons. The van der Waals surface area contributed by atoms with Gasteiger partial charge in [0.25, 0.3) is 5.91 Å². The van der Waals surface area contributed by atoms with Crippen LogP contribution in [0, 0.1) is 5.92 Å². The number of para-hydroxylation sites is 1. The van der Waals surface area contributed by atoms with Crippen LogP contribution >= 0.6 is 0 Å². The van der Waals surface area contributed by atoms with Gasteiger partial charge in [0.1, 0.15) is 0 Å². The third kappa shape index (κ3) is 3.55. The Morgan fingerprint density at radius 1 is 1.20 bits per heavy atom. The topological polar surface area (TPSA) is 51.5 Å². The zero-order chi connectivity index (χ0) is 18.0. The smallest absolute Gasteiger partial charge is 0.305 e. The van der Waals surface area contributed by atoms with Crippen LogP contribution in [0.25, 0.3) is 10.9 Å². The van der Waals surface area contributed by atoms with Gasteiger partial charge in [0.15, 0.2) is 0 Å². The van der Waals surface area contributed by atoms with E-state index in [1.807, 2.05) is 29.3 Å². The highest BCUT2D eigenvalue weighted by atomic mass is 16.5. The number of esters is 1. The molecule has 1 aliphatic rings. The van der Waals surface area contributed by atoms with Crippen molar-refractivity contribution in [2.45, 2.75) is 39.2 Å². The minimum absolute atomic E-state index is 0.0899. The number of carbonyl (C=O) groups excluding carboxylic acids is 2. The average Bonchev–Trinajstić information content (AvgIpc) is 3.01. The fourth-order valence-electron chi connectivity index (χ4n) is 3.63. The van der Waals surface area contributed by atoms with Crippen LogP contribution in [0.5, 0.6) is 0 Å². The van der Waals surface area contributed by atoms with E-state index in [1.165, 1.54) is 7.11 Å². The summed E-state index contributed by atoms with van der Waals surface area (Å²) in [4.78, 5) is 26.4. The second-order valence-electron chi connectivity index (χ2n) is 7.08. The van der Waals surface area contributed by atoms with Crippen LogP contribution < -0.4 is 0 Å². The molecule has 1 aliphatic heterocycles. The summed E-state index contributed by atoms with van der Waals surface area (Å²) >= 11 is 0. The summed E-state index contributed by atoms with van der Waals surface area (Å²) in [5, 5.41) is 1.01. The van der Waals surface area contributed by atoms with Gasteiger partial charge in [-0.2, -0.15) is 0 Å². The molecule has 5 nitrogen and oxygen atoms in total. The summed E-state index contributed by atoms with van der Waals surface area (Å²) in [5.41, 5.74) is 1.87. The third-order valence-electron chi connectivity index (χ3n) is 5.11. The number of ether oxygens (including phenoxy) is 1. The van der Waals surface area contributed by atoms with E-state index in [-0.39, 0.29) is 11.9 Å². The van der Waals surface area contributed by atoms with Crippen molar-refractivity contribution < 1.29 is 14.3 Å². The molecule has 2 aromatic rings. The lowest BCUT2D eigenvalue weighted by molar-refractivity contribution is -0.142. The predicted octanol–water partition coefficient (Wildman–Crippen LogP) is 3.64. The summed E-state index contributed by atoms with van der Waals surface area (Å²) in [7, 11) is 1.42. The van der Waals surface area contributed by atoms with Crippen molar-refractivity contribution >= 4 is 22.8 Å². The summed E-state index contributed by atoms with van der Waals surface area (Å²) in [6.07, 6.45) is 4.14. The van der Waals surface area contributed by atoms with Crippen LogP contribution in [0.2, 0.25) is 0 Å². The fraction of sp³-hybridized carbons (Fsp3) is 0.500. The highest BCUT2D eigenvalue weighted by molar-refractivity contribution is 6.07. The van der Waals surface area contributed by atoms with Crippen molar-refractivity contribution in [3.63, 3.8) is 0 Å². The van der Waals surface area contributed by atoms with Gasteiger partial charge in [0.05, 0.1) is 12.7 Å². The zero-order valence-electron chi connectivity index (χ0n) is 15.2. The molecule has 1 aromatic heterocycles. The first kappa shape index (κ1) is 17.5. The van der Waals surface area contributed by atoms with E-state index in [2.05, 4.69) is 24.5 Å². The molecule has 0 atom stereocenters. The van der Waals surface area contributed by atoms with Gasteiger partial charge >= 0.3 is 5.97 Å². The predicted molar refractivity (Wildman–Crippen MR) is 97.6 cm³/mol. The Balaban J connectivity index is 1.76. The van der Waals surface area contributed by atoms with Crippen LogP contribution in [-0.2, 0) is 9.53 Å². The van der Waals surface area contributed by atoms with Crippen LogP contribution in [0.3, 0.4) is 0 Å². The molecule has 0 N–H and O–H groups in total. The van der Waals surface area contributed by atoms with Crippen molar-refractivity contribution in [3.05, 3.63) is 36.0 Å². The number of methoxy groups -OCH3 is 1. The van der Waals surface area contributed by atoms with Gasteiger partial charge in [-0.15, -0.1) is 0 Å². The quantitative estimate of drug-likeness (QED) is 0.797. The van der Waals surface area contributed by atoms with Gasteiger partial charge in [0, 0.05) is 42.7 Å². The number of hydrogen-bond donors (Lipinski definition) is 0. The van der Waals surface area contributed by atoms with Gasteiger partial charge in [-0.05, 0) is 38.7 Å². The highest BCUT2D eigenvalue weighted by Crippen LogP contribution is 2.28. The number of carbonyl (C=O) groups is 2. The summed E-state index contributed by atoms with van der Waals surface area (Å²) in [6, 6.07) is 8.37. The van der Waals surface area contributed by atoms with Crippen LogP contribution in [-0.4, -0.2) is 41.5 Å². The number of piperidine rings is 1. The Hall–Kier alpha value is -2.30. The van der Waals surface area contributed by atoms with E-state index >= 15 is 0 Å². The molecule has 3 rings (SSSR count). The largest absolute Gasteiger partial charge is 0.469 e. The molecule has 0 saturated carbocycles. The number of rotatable bonds is 4. The molecule has 0 radical (unpaired) electrons. The molecular formula is C20H26N2O3. The average molecular weight is 342 g/mol. The Morgan fingerprint density at radius 2 is 1.88 bits per heavy atom.